The Morgan fingerprint density at radius 2 is 2.12 bits per heavy atom. The Hall–Kier alpha value is -1.66. The van der Waals surface area contributed by atoms with Gasteiger partial charge in [-0.2, -0.15) is 0 Å². The number of anilines is 1. The highest BCUT2D eigenvalue weighted by Gasteiger charge is 2.02. The maximum absolute atomic E-state index is 12.7. The summed E-state index contributed by atoms with van der Waals surface area (Å²) in [7, 11) is 1.61. The van der Waals surface area contributed by atoms with Crippen molar-refractivity contribution in [2.45, 2.75) is 13.0 Å². The summed E-state index contributed by atoms with van der Waals surface area (Å²) in [6, 6.07) is 5.88. The van der Waals surface area contributed by atoms with E-state index in [0.717, 1.165) is 0 Å². The third kappa shape index (κ3) is 4.80. The standard InChI is InChI=1S/C11H17FN4O/c1-8(7-17-2)14-11(16-13)15-10-5-3-9(12)4-6-10/h3-6,8H,7,13H2,1-2H3,(H2,14,15,16). The lowest BCUT2D eigenvalue weighted by atomic mass is 10.3. The first kappa shape index (κ1) is 13.4. The van der Waals surface area contributed by atoms with Crippen LogP contribution in [0.1, 0.15) is 6.92 Å². The van der Waals surface area contributed by atoms with Gasteiger partial charge >= 0.3 is 0 Å². The lowest BCUT2D eigenvalue weighted by molar-refractivity contribution is 0.185. The van der Waals surface area contributed by atoms with Crippen LogP contribution in [0, 0.1) is 5.82 Å². The fourth-order valence-electron chi connectivity index (χ4n) is 1.27. The summed E-state index contributed by atoms with van der Waals surface area (Å²) in [5, 5.41) is 2.94. The van der Waals surface area contributed by atoms with E-state index in [1.54, 1.807) is 19.2 Å². The van der Waals surface area contributed by atoms with E-state index in [-0.39, 0.29) is 11.9 Å². The Morgan fingerprint density at radius 1 is 1.47 bits per heavy atom. The van der Waals surface area contributed by atoms with Crippen LogP contribution in [0.15, 0.2) is 29.3 Å². The molecule has 0 aliphatic carbocycles. The average molecular weight is 240 g/mol. The summed E-state index contributed by atoms with van der Waals surface area (Å²) < 4.78 is 17.7. The summed E-state index contributed by atoms with van der Waals surface area (Å²) in [4.78, 5) is 4.25. The van der Waals surface area contributed by atoms with Crippen molar-refractivity contribution in [2.24, 2.45) is 10.8 Å². The molecule has 0 radical (unpaired) electrons. The van der Waals surface area contributed by atoms with Crippen LogP contribution in [0.3, 0.4) is 0 Å². The van der Waals surface area contributed by atoms with Gasteiger partial charge in [0.25, 0.3) is 0 Å². The van der Waals surface area contributed by atoms with Crippen LogP contribution in [0.2, 0.25) is 0 Å². The Labute approximate surface area is 99.8 Å². The molecule has 0 fully saturated rings. The van der Waals surface area contributed by atoms with Crippen LogP contribution in [-0.2, 0) is 4.74 Å². The van der Waals surface area contributed by atoms with Crippen molar-refractivity contribution in [3.05, 3.63) is 30.1 Å². The highest BCUT2D eigenvalue weighted by molar-refractivity contribution is 5.93. The molecule has 17 heavy (non-hydrogen) atoms. The first-order valence-electron chi connectivity index (χ1n) is 5.21. The molecule has 0 bridgehead atoms. The third-order valence-corrected chi connectivity index (χ3v) is 2.00. The quantitative estimate of drug-likeness (QED) is 0.319. The van der Waals surface area contributed by atoms with Gasteiger partial charge in [0.15, 0.2) is 0 Å². The van der Waals surface area contributed by atoms with E-state index in [9.17, 15) is 4.39 Å². The van der Waals surface area contributed by atoms with Gasteiger partial charge in [-0.3, -0.25) is 5.43 Å². The molecule has 94 valence electrons. The minimum absolute atomic E-state index is 0.0287. The summed E-state index contributed by atoms with van der Waals surface area (Å²) in [6.45, 7) is 2.39. The van der Waals surface area contributed by atoms with Crippen molar-refractivity contribution in [3.8, 4) is 0 Å². The van der Waals surface area contributed by atoms with E-state index >= 15 is 0 Å². The number of hydrogen-bond donors (Lipinski definition) is 3. The number of ether oxygens (including phenoxy) is 1. The van der Waals surface area contributed by atoms with Crippen molar-refractivity contribution in [3.63, 3.8) is 0 Å². The van der Waals surface area contributed by atoms with E-state index in [1.807, 2.05) is 6.92 Å². The summed E-state index contributed by atoms with van der Waals surface area (Å²) in [5.41, 5.74) is 3.15. The topological polar surface area (TPSA) is 71.7 Å². The van der Waals surface area contributed by atoms with E-state index < -0.39 is 0 Å². The number of aliphatic imine (C=N–C) groups is 1. The molecule has 1 rings (SSSR count). The Kier molecular flexibility index (Phi) is 5.38. The normalized spacial score (nSPS) is 13.3. The average Bonchev–Trinajstić information content (AvgIpc) is 2.31. The Bertz CT molecular complexity index is 366. The molecule has 0 aliphatic heterocycles. The second kappa shape index (κ2) is 6.82. The molecule has 1 atom stereocenters. The molecule has 0 aliphatic rings. The minimum atomic E-state index is -0.289. The van der Waals surface area contributed by atoms with Crippen molar-refractivity contribution in [1.29, 1.82) is 0 Å². The van der Waals surface area contributed by atoms with E-state index in [0.29, 0.717) is 18.3 Å². The Balaban J connectivity index is 2.66. The smallest absolute Gasteiger partial charge is 0.210 e. The number of guanidine groups is 1. The lowest BCUT2D eigenvalue weighted by Gasteiger charge is -2.12. The molecule has 0 saturated carbocycles. The van der Waals surface area contributed by atoms with Gasteiger partial charge in [-0.1, -0.05) is 0 Å². The number of hydrazine groups is 1. The Morgan fingerprint density at radius 3 is 2.65 bits per heavy atom. The number of methoxy groups -OCH3 is 1. The van der Waals surface area contributed by atoms with Gasteiger partial charge in [0.05, 0.1) is 12.6 Å². The van der Waals surface area contributed by atoms with E-state index in [1.165, 1.54) is 12.1 Å². The number of nitrogens with zero attached hydrogens (tertiary/aromatic N) is 1. The number of rotatable bonds is 4. The second-order valence-corrected chi connectivity index (χ2v) is 3.56. The molecular weight excluding hydrogens is 223 g/mol. The van der Waals surface area contributed by atoms with Gasteiger partial charge in [0.2, 0.25) is 5.96 Å². The molecule has 0 aromatic heterocycles. The molecule has 5 nitrogen and oxygen atoms in total. The third-order valence-electron chi connectivity index (χ3n) is 2.00. The highest BCUT2D eigenvalue weighted by Crippen LogP contribution is 2.07. The highest BCUT2D eigenvalue weighted by atomic mass is 19.1. The predicted octanol–water partition coefficient (Wildman–Crippen LogP) is 1.09. The molecule has 1 unspecified atom stereocenters. The second-order valence-electron chi connectivity index (χ2n) is 3.56. The molecule has 0 heterocycles. The number of benzene rings is 1. The van der Waals surface area contributed by atoms with Crippen LogP contribution in [0.5, 0.6) is 0 Å². The zero-order valence-electron chi connectivity index (χ0n) is 9.90. The first-order valence-corrected chi connectivity index (χ1v) is 5.21. The minimum Gasteiger partial charge on any atom is -0.382 e. The molecular formula is C11H17FN4O. The van der Waals surface area contributed by atoms with Gasteiger partial charge < -0.3 is 10.1 Å². The number of halogens is 1. The van der Waals surface area contributed by atoms with Crippen LogP contribution < -0.4 is 16.6 Å². The van der Waals surface area contributed by atoms with Crippen LogP contribution in [0.4, 0.5) is 10.1 Å². The largest absolute Gasteiger partial charge is 0.382 e. The molecule has 1 aromatic carbocycles. The maximum atomic E-state index is 12.7. The van der Waals surface area contributed by atoms with Crippen molar-refractivity contribution < 1.29 is 9.13 Å². The number of hydrogen-bond acceptors (Lipinski definition) is 3. The molecule has 4 N–H and O–H groups in total. The maximum Gasteiger partial charge on any atom is 0.210 e. The predicted molar refractivity (Wildman–Crippen MR) is 66.1 cm³/mol. The first-order chi connectivity index (χ1) is 8.15. The zero-order chi connectivity index (χ0) is 12.7. The van der Waals surface area contributed by atoms with Crippen LogP contribution in [0.25, 0.3) is 0 Å². The lowest BCUT2D eigenvalue weighted by Crippen LogP contribution is -2.37. The molecule has 0 spiro atoms. The molecule has 0 saturated heterocycles. The van der Waals surface area contributed by atoms with Gasteiger partial charge in [0.1, 0.15) is 5.82 Å². The molecule has 0 amide bonds. The van der Waals surface area contributed by atoms with Gasteiger partial charge in [-0.05, 0) is 31.2 Å². The summed E-state index contributed by atoms with van der Waals surface area (Å²) in [5.74, 6) is 5.45. The monoisotopic (exact) mass is 240 g/mol. The van der Waals surface area contributed by atoms with Crippen molar-refractivity contribution in [1.82, 2.24) is 5.43 Å². The fourth-order valence-corrected chi connectivity index (χ4v) is 1.27. The van der Waals surface area contributed by atoms with Gasteiger partial charge in [-0.25, -0.2) is 15.2 Å². The number of nitrogens with one attached hydrogen (secondary N) is 2. The van der Waals surface area contributed by atoms with E-state index in [2.05, 4.69) is 15.7 Å². The zero-order valence-corrected chi connectivity index (χ0v) is 9.90. The summed E-state index contributed by atoms with van der Waals surface area (Å²) >= 11 is 0. The van der Waals surface area contributed by atoms with Gasteiger partial charge in [0, 0.05) is 12.8 Å². The fraction of sp³-hybridized carbons (Fsp3) is 0.364. The van der Waals surface area contributed by atoms with Crippen LogP contribution in [-0.4, -0.2) is 25.7 Å². The SMILES string of the molecule is COCC(C)N=C(NN)Nc1ccc(F)cc1. The molecule has 1 aromatic rings. The van der Waals surface area contributed by atoms with Crippen molar-refractivity contribution in [2.75, 3.05) is 19.0 Å². The summed E-state index contributed by atoms with van der Waals surface area (Å²) in [6.07, 6.45) is 0. The van der Waals surface area contributed by atoms with Crippen molar-refractivity contribution >= 4 is 11.6 Å². The van der Waals surface area contributed by atoms with Crippen LogP contribution >= 0.6 is 0 Å². The molecule has 6 heteroatoms. The van der Waals surface area contributed by atoms with Gasteiger partial charge in [-0.15, -0.1) is 0 Å². The number of nitrogens with two attached hydrogens (primary N) is 1. The van der Waals surface area contributed by atoms with E-state index in [4.69, 9.17) is 10.6 Å².